The zero-order chi connectivity index (χ0) is 21.4. The zero-order valence-corrected chi connectivity index (χ0v) is 17.9. The Morgan fingerprint density at radius 3 is 2.55 bits per heavy atom. The van der Waals surface area contributed by atoms with Crippen LogP contribution in [0.2, 0.25) is 0 Å². The van der Waals surface area contributed by atoms with E-state index in [1.165, 1.54) is 13.0 Å². The van der Waals surface area contributed by atoms with Crippen molar-refractivity contribution in [2.24, 2.45) is 5.92 Å². The quantitative estimate of drug-likeness (QED) is 0.655. The molecular weight excluding hydrogens is 394 g/mol. The van der Waals surface area contributed by atoms with Crippen molar-refractivity contribution >= 4 is 17.7 Å². The first kappa shape index (κ1) is 20.6. The number of hydrogen-bond donors (Lipinski definition) is 2. The molecule has 0 radical (unpaired) electrons. The van der Waals surface area contributed by atoms with Gasteiger partial charge in [-0.2, -0.15) is 0 Å². The van der Waals surface area contributed by atoms with Crippen molar-refractivity contribution in [3.63, 3.8) is 0 Å². The molecule has 2 unspecified atom stereocenters. The Kier molecular flexibility index (Phi) is 5.77. The summed E-state index contributed by atoms with van der Waals surface area (Å²) in [6, 6.07) is 5.58. The molecule has 0 bridgehead atoms. The number of amides is 3. The summed E-state index contributed by atoms with van der Waals surface area (Å²) < 4.78 is 0. The predicted molar refractivity (Wildman–Crippen MR) is 115 cm³/mol. The van der Waals surface area contributed by atoms with Crippen LogP contribution in [-0.2, 0) is 22.7 Å². The van der Waals surface area contributed by atoms with Crippen LogP contribution < -0.4 is 10.6 Å². The minimum absolute atomic E-state index is 0.0960. The highest BCUT2D eigenvalue weighted by molar-refractivity contribution is 6.05. The van der Waals surface area contributed by atoms with E-state index < -0.39 is 6.04 Å². The molecule has 1 aromatic rings. The van der Waals surface area contributed by atoms with Gasteiger partial charge in [0.1, 0.15) is 6.04 Å². The van der Waals surface area contributed by atoms with Gasteiger partial charge in [0, 0.05) is 57.8 Å². The number of carbonyl (C=O) groups excluding carboxylic acids is 3. The number of fused-ring (bicyclic) bond motifs is 1. The number of hydrogen-bond acceptors (Lipinski definition) is 6. The lowest BCUT2D eigenvalue weighted by Gasteiger charge is -2.35. The van der Waals surface area contributed by atoms with Crippen molar-refractivity contribution in [3.05, 3.63) is 34.9 Å². The molecule has 3 amide bonds. The van der Waals surface area contributed by atoms with Gasteiger partial charge in [0.2, 0.25) is 11.8 Å². The van der Waals surface area contributed by atoms with Crippen LogP contribution in [0.4, 0.5) is 0 Å². The Labute approximate surface area is 182 Å². The summed E-state index contributed by atoms with van der Waals surface area (Å²) in [6.45, 7) is 9.09. The highest BCUT2D eigenvalue weighted by Crippen LogP contribution is 2.28. The molecule has 0 saturated carbocycles. The summed E-state index contributed by atoms with van der Waals surface area (Å²) in [5, 5.41) is 5.81. The fraction of sp³-hybridized carbons (Fsp3) is 0.609. The van der Waals surface area contributed by atoms with Gasteiger partial charge in [0.15, 0.2) is 0 Å². The second kappa shape index (κ2) is 8.68. The van der Waals surface area contributed by atoms with E-state index in [2.05, 4.69) is 26.5 Å². The van der Waals surface area contributed by atoms with Crippen LogP contribution in [0.5, 0.6) is 0 Å². The van der Waals surface area contributed by atoms with E-state index in [0.29, 0.717) is 18.5 Å². The van der Waals surface area contributed by atoms with Crippen molar-refractivity contribution in [2.45, 2.75) is 38.4 Å². The molecular formula is C23H31N5O3. The van der Waals surface area contributed by atoms with Crippen LogP contribution in [0.15, 0.2) is 18.2 Å². The van der Waals surface area contributed by atoms with Gasteiger partial charge in [0.25, 0.3) is 5.91 Å². The topological polar surface area (TPSA) is 85.0 Å². The molecule has 1 aromatic carbocycles. The third kappa shape index (κ3) is 4.37. The summed E-state index contributed by atoms with van der Waals surface area (Å²) in [5.41, 5.74) is 2.81. The van der Waals surface area contributed by atoms with Gasteiger partial charge >= 0.3 is 0 Å². The van der Waals surface area contributed by atoms with Gasteiger partial charge in [0.05, 0.1) is 0 Å². The standard InChI is InChI=1S/C23H31N5O3/c29-21-4-3-20(22(30)25-21)28-15-18-2-1-16(11-19(18)23(28)31)13-26-7-9-27(10-8-26)14-17-5-6-24-12-17/h1-2,11,17,20,24H,3-10,12-15H2,(H,25,29,30). The molecule has 4 aliphatic heterocycles. The van der Waals surface area contributed by atoms with Crippen LogP contribution >= 0.6 is 0 Å². The average molecular weight is 426 g/mol. The molecule has 0 aromatic heterocycles. The molecule has 0 aliphatic carbocycles. The van der Waals surface area contributed by atoms with Crippen molar-refractivity contribution in [1.82, 2.24) is 25.3 Å². The van der Waals surface area contributed by atoms with E-state index in [-0.39, 0.29) is 24.1 Å². The van der Waals surface area contributed by atoms with E-state index in [4.69, 9.17) is 0 Å². The Balaban J connectivity index is 1.17. The van der Waals surface area contributed by atoms with E-state index in [0.717, 1.165) is 62.9 Å². The van der Waals surface area contributed by atoms with E-state index in [1.807, 2.05) is 12.1 Å². The molecule has 3 saturated heterocycles. The first-order valence-corrected chi connectivity index (χ1v) is 11.5. The number of piperazine rings is 1. The fourth-order valence-electron chi connectivity index (χ4n) is 5.32. The summed E-state index contributed by atoms with van der Waals surface area (Å²) in [4.78, 5) is 43.3. The highest BCUT2D eigenvalue weighted by atomic mass is 16.2. The smallest absolute Gasteiger partial charge is 0.255 e. The lowest BCUT2D eigenvalue weighted by molar-refractivity contribution is -0.136. The van der Waals surface area contributed by atoms with Gasteiger partial charge in [-0.05, 0) is 49.0 Å². The van der Waals surface area contributed by atoms with Crippen LogP contribution in [0, 0.1) is 5.92 Å². The number of rotatable bonds is 5. The van der Waals surface area contributed by atoms with Crippen molar-refractivity contribution < 1.29 is 14.4 Å². The first-order valence-electron chi connectivity index (χ1n) is 11.5. The maximum absolute atomic E-state index is 13.0. The molecule has 4 heterocycles. The maximum Gasteiger partial charge on any atom is 0.255 e. The van der Waals surface area contributed by atoms with Gasteiger partial charge in [-0.3, -0.25) is 24.6 Å². The Bertz CT molecular complexity index is 874. The lowest BCUT2D eigenvalue weighted by Crippen LogP contribution is -2.52. The minimum Gasteiger partial charge on any atom is -0.322 e. The minimum atomic E-state index is -0.552. The third-order valence-corrected chi connectivity index (χ3v) is 7.14. The Morgan fingerprint density at radius 1 is 1.00 bits per heavy atom. The fourth-order valence-corrected chi connectivity index (χ4v) is 5.32. The number of nitrogens with zero attached hydrogens (tertiary/aromatic N) is 3. The monoisotopic (exact) mass is 425 g/mol. The van der Waals surface area contributed by atoms with E-state index >= 15 is 0 Å². The number of benzene rings is 1. The molecule has 8 nitrogen and oxygen atoms in total. The van der Waals surface area contributed by atoms with E-state index in [9.17, 15) is 14.4 Å². The Morgan fingerprint density at radius 2 is 1.81 bits per heavy atom. The van der Waals surface area contributed by atoms with Crippen LogP contribution in [-0.4, -0.2) is 84.3 Å². The van der Waals surface area contributed by atoms with Crippen LogP contribution in [0.3, 0.4) is 0 Å². The third-order valence-electron chi connectivity index (χ3n) is 7.14. The number of imide groups is 1. The van der Waals surface area contributed by atoms with Gasteiger partial charge in [-0.15, -0.1) is 0 Å². The van der Waals surface area contributed by atoms with Gasteiger partial charge in [-0.1, -0.05) is 12.1 Å². The predicted octanol–water partition coefficient (Wildman–Crippen LogP) is 0.175. The van der Waals surface area contributed by atoms with Gasteiger partial charge < -0.3 is 15.1 Å². The molecule has 0 spiro atoms. The van der Waals surface area contributed by atoms with E-state index in [1.54, 1.807) is 4.90 Å². The van der Waals surface area contributed by atoms with Crippen molar-refractivity contribution in [3.8, 4) is 0 Å². The second-order valence-corrected chi connectivity index (χ2v) is 9.33. The maximum atomic E-state index is 13.0. The molecule has 166 valence electrons. The summed E-state index contributed by atoms with van der Waals surface area (Å²) in [5.74, 6) is 0.0829. The molecule has 8 heteroatoms. The molecule has 5 rings (SSSR count). The largest absolute Gasteiger partial charge is 0.322 e. The average Bonchev–Trinajstić information content (AvgIpc) is 3.38. The number of nitrogens with one attached hydrogen (secondary N) is 2. The highest BCUT2D eigenvalue weighted by Gasteiger charge is 2.39. The number of piperidine rings is 1. The van der Waals surface area contributed by atoms with Crippen molar-refractivity contribution in [2.75, 3.05) is 45.8 Å². The number of carbonyl (C=O) groups is 3. The lowest BCUT2D eigenvalue weighted by atomic mass is 10.0. The first-order chi connectivity index (χ1) is 15.1. The molecule has 2 atom stereocenters. The Hall–Kier alpha value is -2.29. The summed E-state index contributed by atoms with van der Waals surface area (Å²) in [7, 11) is 0. The molecule has 2 N–H and O–H groups in total. The van der Waals surface area contributed by atoms with Crippen LogP contribution in [0.25, 0.3) is 0 Å². The SMILES string of the molecule is O=C1CCC(N2Cc3ccc(CN4CCN(CC5CCNC5)CC4)cc3C2=O)C(=O)N1. The molecule has 4 aliphatic rings. The summed E-state index contributed by atoms with van der Waals surface area (Å²) in [6.07, 6.45) is 1.97. The second-order valence-electron chi connectivity index (χ2n) is 9.33. The molecule has 31 heavy (non-hydrogen) atoms. The normalized spacial score (nSPS) is 27.6. The van der Waals surface area contributed by atoms with Crippen LogP contribution in [0.1, 0.15) is 40.7 Å². The van der Waals surface area contributed by atoms with Crippen molar-refractivity contribution in [1.29, 1.82) is 0 Å². The summed E-state index contributed by atoms with van der Waals surface area (Å²) >= 11 is 0. The molecule has 3 fully saturated rings. The van der Waals surface area contributed by atoms with Gasteiger partial charge in [-0.25, -0.2) is 0 Å². The zero-order valence-electron chi connectivity index (χ0n) is 17.9.